The standard InChI is InChI=1S/C23H24ClN5O2/c1-31-20-7-5-19(6-8-20)26-21-9-10-25-23(27-21)29-13-11-28(12-14-29)22(30)16-17-3-2-4-18(24)15-17/h2-10,15H,11-14,16H2,1H3,(H,25,26,27). The van der Waals surface area contributed by atoms with Crippen LogP contribution in [0.4, 0.5) is 17.5 Å². The fraction of sp³-hybridized carbons (Fsp3) is 0.261. The molecule has 1 aliphatic rings. The summed E-state index contributed by atoms with van der Waals surface area (Å²) in [6.07, 6.45) is 2.10. The summed E-state index contributed by atoms with van der Waals surface area (Å²) in [4.78, 5) is 25.7. The van der Waals surface area contributed by atoms with E-state index < -0.39 is 0 Å². The highest BCUT2D eigenvalue weighted by Gasteiger charge is 2.23. The largest absolute Gasteiger partial charge is 0.497 e. The predicted molar refractivity (Wildman–Crippen MR) is 122 cm³/mol. The van der Waals surface area contributed by atoms with Crippen molar-refractivity contribution in [3.63, 3.8) is 0 Å². The Morgan fingerprint density at radius 1 is 1.10 bits per heavy atom. The average molecular weight is 438 g/mol. The molecule has 2 aromatic carbocycles. The molecule has 0 radical (unpaired) electrons. The molecule has 1 aliphatic heterocycles. The number of carbonyl (C=O) groups excluding carboxylic acids is 1. The molecule has 160 valence electrons. The van der Waals surface area contributed by atoms with Crippen LogP contribution in [-0.4, -0.2) is 54.1 Å². The third kappa shape index (κ3) is 5.44. The van der Waals surface area contributed by atoms with Crippen LogP contribution in [0.25, 0.3) is 0 Å². The van der Waals surface area contributed by atoms with Crippen LogP contribution in [-0.2, 0) is 11.2 Å². The lowest BCUT2D eigenvalue weighted by Gasteiger charge is -2.35. The van der Waals surface area contributed by atoms with Crippen LogP contribution >= 0.6 is 11.6 Å². The van der Waals surface area contributed by atoms with E-state index in [1.807, 2.05) is 59.5 Å². The minimum Gasteiger partial charge on any atom is -0.497 e. The number of benzene rings is 2. The lowest BCUT2D eigenvalue weighted by Crippen LogP contribution is -2.49. The number of amides is 1. The predicted octanol–water partition coefficient (Wildman–Crippen LogP) is 3.77. The topological polar surface area (TPSA) is 70.6 Å². The van der Waals surface area contributed by atoms with Gasteiger partial charge in [0, 0.05) is 43.1 Å². The summed E-state index contributed by atoms with van der Waals surface area (Å²) in [5.41, 5.74) is 1.85. The Labute approximate surface area is 186 Å². The lowest BCUT2D eigenvalue weighted by atomic mass is 10.1. The van der Waals surface area contributed by atoms with E-state index in [1.54, 1.807) is 13.3 Å². The molecule has 1 N–H and O–H groups in total. The summed E-state index contributed by atoms with van der Waals surface area (Å²) in [6.45, 7) is 2.65. The SMILES string of the molecule is COc1ccc(Nc2ccnc(N3CCN(C(=O)Cc4cccc(Cl)c4)CC3)n2)cc1. The number of aromatic nitrogens is 2. The monoisotopic (exact) mass is 437 g/mol. The Morgan fingerprint density at radius 2 is 1.87 bits per heavy atom. The second-order valence-electron chi connectivity index (χ2n) is 7.27. The smallest absolute Gasteiger partial charge is 0.227 e. The average Bonchev–Trinajstić information content (AvgIpc) is 2.80. The van der Waals surface area contributed by atoms with Crippen LogP contribution in [0.15, 0.2) is 60.8 Å². The number of piperazine rings is 1. The summed E-state index contributed by atoms with van der Waals surface area (Å²) >= 11 is 6.02. The van der Waals surface area contributed by atoms with E-state index in [9.17, 15) is 4.79 Å². The van der Waals surface area contributed by atoms with Crippen molar-refractivity contribution in [1.82, 2.24) is 14.9 Å². The Bertz CT molecular complexity index is 1040. The van der Waals surface area contributed by atoms with Crippen molar-refractivity contribution >= 4 is 35.0 Å². The van der Waals surface area contributed by atoms with Crippen LogP contribution in [0.2, 0.25) is 5.02 Å². The second kappa shape index (κ2) is 9.66. The first-order valence-corrected chi connectivity index (χ1v) is 10.5. The number of carbonyl (C=O) groups is 1. The zero-order valence-electron chi connectivity index (χ0n) is 17.3. The van der Waals surface area contributed by atoms with Crippen molar-refractivity contribution in [2.24, 2.45) is 0 Å². The second-order valence-corrected chi connectivity index (χ2v) is 7.71. The molecule has 1 aromatic heterocycles. The van der Waals surface area contributed by atoms with Gasteiger partial charge in [0.15, 0.2) is 0 Å². The molecule has 1 fully saturated rings. The maximum absolute atomic E-state index is 12.6. The quantitative estimate of drug-likeness (QED) is 0.633. The number of nitrogens with one attached hydrogen (secondary N) is 1. The maximum atomic E-state index is 12.6. The summed E-state index contributed by atoms with van der Waals surface area (Å²) in [6, 6.07) is 16.9. The van der Waals surface area contributed by atoms with Gasteiger partial charge in [0.2, 0.25) is 11.9 Å². The highest BCUT2D eigenvalue weighted by Crippen LogP contribution is 2.20. The summed E-state index contributed by atoms with van der Waals surface area (Å²) in [7, 11) is 1.64. The lowest BCUT2D eigenvalue weighted by molar-refractivity contribution is -0.130. The van der Waals surface area contributed by atoms with E-state index >= 15 is 0 Å². The van der Waals surface area contributed by atoms with Crippen molar-refractivity contribution in [3.05, 3.63) is 71.4 Å². The molecule has 31 heavy (non-hydrogen) atoms. The van der Waals surface area contributed by atoms with Crippen molar-refractivity contribution in [3.8, 4) is 5.75 Å². The molecule has 1 saturated heterocycles. The van der Waals surface area contributed by atoms with Crippen molar-refractivity contribution in [1.29, 1.82) is 0 Å². The summed E-state index contributed by atoms with van der Waals surface area (Å²) in [5.74, 6) is 2.28. The summed E-state index contributed by atoms with van der Waals surface area (Å²) < 4.78 is 5.19. The number of hydrogen-bond donors (Lipinski definition) is 1. The Balaban J connectivity index is 1.34. The zero-order valence-corrected chi connectivity index (χ0v) is 18.0. The van der Waals surface area contributed by atoms with Gasteiger partial charge in [-0.25, -0.2) is 4.98 Å². The zero-order chi connectivity index (χ0) is 21.6. The Hall–Kier alpha value is -3.32. The van der Waals surface area contributed by atoms with Crippen LogP contribution < -0.4 is 15.0 Å². The normalized spacial score (nSPS) is 13.7. The van der Waals surface area contributed by atoms with Crippen LogP contribution in [0.1, 0.15) is 5.56 Å². The van der Waals surface area contributed by atoms with Gasteiger partial charge in [0.1, 0.15) is 11.6 Å². The van der Waals surface area contributed by atoms with Crippen LogP contribution in [0, 0.1) is 0 Å². The first kappa shape index (κ1) is 20.9. The molecule has 0 unspecified atom stereocenters. The highest BCUT2D eigenvalue weighted by molar-refractivity contribution is 6.30. The number of methoxy groups -OCH3 is 1. The van der Waals surface area contributed by atoms with Crippen LogP contribution in [0.3, 0.4) is 0 Å². The van der Waals surface area contributed by atoms with E-state index in [-0.39, 0.29) is 5.91 Å². The molecule has 4 rings (SSSR count). The molecule has 0 atom stereocenters. The molecule has 3 aromatic rings. The van der Waals surface area contributed by atoms with Gasteiger partial charge in [-0.1, -0.05) is 23.7 Å². The number of nitrogens with zero attached hydrogens (tertiary/aromatic N) is 4. The van der Waals surface area contributed by atoms with Crippen molar-refractivity contribution in [2.75, 3.05) is 43.5 Å². The van der Waals surface area contributed by atoms with E-state index in [0.29, 0.717) is 43.6 Å². The first-order chi connectivity index (χ1) is 15.1. The fourth-order valence-corrected chi connectivity index (χ4v) is 3.69. The van der Waals surface area contributed by atoms with E-state index in [0.717, 1.165) is 22.8 Å². The Morgan fingerprint density at radius 3 is 2.58 bits per heavy atom. The molecule has 2 heterocycles. The Kier molecular flexibility index (Phi) is 6.52. The molecule has 8 heteroatoms. The number of anilines is 3. The van der Waals surface area contributed by atoms with Gasteiger partial charge in [-0.2, -0.15) is 4.98 Å². The van der Waals surface area contributed by atoms with Gasteiger partial charge >= 0.3 is 0 Å². The third-order valence-electron chi connectivity index (χ3n) is 5.16. The molecule has 0 bridgehead atoms. The molecule has 7 nitrogen and oxygen atoms in total. The van der Waals surface area contributed by atoms with Gasteiger partial charge < -0.3 is 19.9 Å². The van der Waals surface area contributed by atoms with Gasteiger partial charge in [0.05, 0.1) is 13.5 Å². The van der Waals surface area contributed by atoms with E-state index in [4.69, 9.17) is 16.3 Å². The van der Waals surface area contributed by atoms with Crippen molar-refractivity contribution in [2.45, 2.75) is 6.42 Å². The van der Waals surface area contributed by atoms with Crippen molar-refractivity contribution < 1.29 is 9.53 Å². The van der Waals surface area contributed by atoms with Gasteiger partial charge in [-0.05, 0) is 48.0 Å². The number of ether oxygens (including phenoxy) is 1. The molecule has 0 spiro atoms. The van der Waals surface area contributed by atoms with E-state index in [1.165, 1.54) is 0 Å². The van der Waals surface area contributed by atoms with E-state index in [2.05, 4.69) is 20.2 Å². The minimum absolute atomic E-state index is 0.109. The maximum Gasteiger partial charge on any atom is 0.227 e. The van der Waals surface area contributed by atoms with Crippen LogP contribution in [0.5, 0.6) is 5.75 Å². The third-order valence-corrected chi connectivity index (χ3v) is 5.40. The van der Waals surface area contributed by atoms with Gasteiger partial charge in [-0.3, -0.25) is 4.79 Å². The molecule has 0 aliphatic carbocycles. The minimum atomic E-state index is 0.109. The summed E-state index contributed by atoms with van der Waals surface area (Å²) in [5, 5.41) is 3.93. The fourth-order valence-electron chi connectivity index (χ4n) is 3.48. The molecule has 0 saturated carbocycles. The first-order valence-electron chi connectivity index (χ1n) is 10.1. The number of hydrogen-bond acceptors (Lipinski definition) is 6. The number of rotatable bonds is 6. The molecular weight excluding hydrogens is 414 g/mol. The van der Waals surface area contributed by atoms with Gasteiger partial charge in [0.25, 0.3) is 0 Å². The molecule has 1 amide bonds. The number of halogens is 1. The highest BCUT2D eigenvalue weighted by atomic mass is 35.5. The molecular formula is C23H24ClN5O2. The van der Waals surface area contributed by atoms with Gasteiger partial charge in [-0.15, -0.1) is 0 Å².